The highest BCUT2D eigenvalue weighted by Crippen LogP contribution is 2.08. The number of pyridine rings is 1. The molecule has 1 aliphatic heterocycles. The fraction of sp³-hybridized carbons (Fsp3) is 0.200. The fourth-order valence-electron chi connectivity index (χ4n) is 1.47. The molecule has 2 heterocycles. The Hall–Kier alpha value is -1.95. The van der Waals surface area contributed by atoms with Crippen LogP contribution in [0.25, 0.3) is 0 Å². The highest BCUT2D eigenvalue weighted by Gasteiger charge is 2.27. The van der Waals surface area contributed by atoms with Gasteiger partial charge in [-0.25, -0.2) is 4.98 Å². The molecular weight excluding hydrogens is 246 g/mol. The van der Waals surface area contributed by atoms with E-state index >= 15 is 0 Å². The van der Waals surface area contributed by atoms with Crippen LogP contribution in [-0.2, 0) is 9.59 Å². The molecule has 1 fully saturated rings. The largest absolute Gasteiger partial charge is 0.319 e. The molecular formula is C10H8ClN3O3. The van der Waals surface area contributed by atoms with Crippen molar-refractivity contribution in [2.24, 2.45) is 0 Å². The minimum absolute atomic E-state index is 0.111. The smallest absolute Gasteiger partial charge is 0.273 e. The third-order valence-electron chi connectivity index (χ3n) is 2.17. The molecule has 7 heteroatoms. The van der Waals surface area contributed by atoms with Crippen molar-refractivity contribution in [2.45, 2.75) is 0 Å². The lowest BCUT2D eigenvalue weighted by atomic mass is 10.2. The molecule has 0 unspecified atom stereocenters. The monoisotopic (exact) mass is 253 g/mol. The number of carbonyl (C=O) groups is 3. The van der Waals surface area contributed by atoms with Gasteiger partial charge in [-0.05, 0) is 12.1 Å². The molecule has 1 aromatic rings. The van der Waals surface area contributed by atoms with Crippen LogP contribution in [0, 0.1) is 0 Å². The maximum atomic E-state index is 11.9. The summed E-state index contributed by atoms with van der Waals surface area (Å²) in [5.41, 5.74) is 0.111. The summed E-state index contributed by atoms with van der Waals surface area (Å²) in [5, 5.41) is 2.29. The van der Waals surface area contributed by atoms with Gasteiger partial charge >= 0.3 is 0 Å². The Labute approximate surface area is 102 Å². The first-order valence-electron chi connectivity index (χ1n) is 4.81. The zero-order valence-electron chi connectivity index (χ0n) is 8.64. The van der Waals surface area contributed by atoms with E-state index in [1.807, 2.05) is 0 Å². The number of carbonyl (C=O) groups excluding carboxylic acids is 3. The number of imide groups is 1. The lowest BCUT2D eigenvalue weighted by molar-refractivity contribution is -0.135. The van der Waals surface area contributed by atoms with Crippen molar-refractivity contribution in [2.75, 3.05) is 13.1 Å². The predicted molar refractivity (Wildman–Crippen MR) is 58.3 cm³/mol. The van der Waals surface area contributed by atoms with Gasteiger partial charge in [0.1, 0.15) is 23.9 Å². The standard InChI is InChI=1S/C10H8ClN3O3/c11-7-3-1-2-6(12-7)10(17)14-4-8(15)13-9(16)5-14/h1-3H,4-5H2,(H,13,15,16). The number of piperazine rings is 1. The first-order chi connectivity index (χ1) is 8.06. The van der Waals surface area contributed by atoms with Gasteiger partial charge < -0.3 is 4.90 Å². The van der Waals surface area contributed by atoms with Crippen molar-refractivity contribution in [3.05, 3.63) is 29.0 Å². The van der Waals surface area contributed by atoms with Crippen molar-refractivity contribution in [3.8, 4) is 0 Å². The van der Waals surface area contributed by atoms with Crippen LogP contribution in [0.15, 0.2) is 18.2 Å². The van der Waals surface area contributed by atoms with Gasteiger partial charge in [-0.2, -0.15) is 0 Å². The molecule has 0 saturated carbocycles. The van der Waals surface area contributed by atoms with E-state index in [4.69, 9.17) is 11.6 Å². The summed E-state index contributed by atoms with van der Waals surface area (Å²) >= 11 is 5.66. The summed E-state index contributed by atoms with van der Waals surface area (Å²) in [5.74, 6) is -1.50. The molecule has 0 aliphatic carbocycles. The third kappa shape index (κ3) is 2.59. The van der Waals surface area contributed by atoms with Gasteiger partial charge in [-0.15, -0.1) is 0 Å². The van der Waals surface area contributed by atoms with E-state index in [1.54, 1.807) is 6.07 Å². The molecule has 0 bridgehead atoms. The van der Waals surface area contributed by atoms with Gasteiger partial charge in [0.2, 0.25) is 11.8 Å². The summed E-state index contributed by atoms with van der Waals surface area (Å²) in [7, 11) is 0. The molecule has 88 valence electrons. The maximum absolute atomic E-state index is 11.9. The number of rotatable bonds is 1. The van der Waals surface area contributed by atoms with E-state index < -0.39 is 17.7 Å². The number of halogens is 1. The van der Waals surface area contributed by atoms with E-state index in [9.17, 15) is 14.4 Å². The SMILES string of the molecule is O=C1CN(C(=O)c2cccc(Cl)n2)CC(=O)N1. The van der Waals surface area contributed by atoms with Crippen molar-refractivity contribution in [1.29, 1.82) is 0 Å². The summed E-state index contributed by atoms with van der Waals surface area (Å²) in [6.45, 7) is -0.308. The van der Waals surface area contributed by atoms with Gasteiger partial charge in [-0.3, -0.25) is 19.7 Å². The zero-order chi connectivity index (χ0) is 12.4. The molecule has 6 nitrogen and oxygen atoms in total. The zero-order valence-corrected chi connectivity index (χ0v) is 9.40. The number of aromatic nitrogens is 1. The van der Waals surface area contributed by atoms with E-state index in [0.717, 1.165) is 4.90 Å². The number of hydrogen-bond acceptors (Lipinski definition) is 4. The van der Waals surface area contributed by atoms with Crippen LogP contribution in [0.5, 0.6) is 0 Å². The highest BCUT2D eigenvalue weighted by molar-refractivity contribution is 6.29. The van der Waals surface area contributed by atoms with E-state index in [-0.39, 0.29) is 23.9 Å². The summed E-state index contributed by atoms with van der Waals surface area (Å²) < 4.78 is 0. The molecule has 1 aromatic heterocycles. The average molecular weight is 254 g/mol. The molecule has 17 heavy (non-hydrogen) atoms. The summed E-state index contributed by atoms with van der Waals surface area (Å²) in [6, 6.07) is 4.59. The average Bonchev–Trinajstić information content (AvgIpc) is 2.26. The van der Waals surface area contributed by atoms with Crippen molar-refractivity contribution < 1.29 is 14.4 Å². The lowest BCUT2D eigenvalue weighted by Gasteiger charge is -2.24. The molecule has 3 amide bonds. The van der Waals surface area contributed by atoms with Gasteiger partial charge in [0.15, 0.2) is 0 Å². The second-order valence-electron chi connectivity index (χ2n) is 3.48. The predicted octanol–water partition coefficient (Wildman–Crippen LogP) is -0.166. The second kappa shape index (κ2) is 4.50. The Kier molecular flexibility index (Phi) is 3.06. The first kappa shape index (κ1) is 11.5. The number of nitrogens with one attached hydrogen (secondary N) is 1. The Morgan fingerprint density at radius 3 is 2.53 bits per heavy atom. The third-order valence-corrected chi connectivity index (χ3v) is 2.38. The normalized spacial score (nSPS) is 15.7. The van der Waals surface area contributed by atoms with E-state index in [1.165, 1.54) is 12.1 Å². The van der Waals surface area contributed by atoms with Crippen molar-refractivity contribution in [1.82, 2.24) is 15.2 Å². The Morgan fingerprint density at radius 1 is 1.29 bits per heavy atom. The highest BCUT2D eigenvalue weighted by atomic mass is 35.5. The molecule has 2 rings (SSSR count). The molecule has 1 saturated heterocycles. The number of nitrogens with zero attached hydrogens (tertiary/aromatic N) is 2. The Bertz CT molecular complexity index is 487. The summed E-state index contributed by atoms with van der Waals surface area (Å²) in [6.07, 6.45) is 0. The van der Waals surface area contributed by atoms with Gasteiger partial charge in [-0.1, -0.05) is 17.7 Å². The second-order valence-corrected chi connectivity index (χ2v) is 3.87. The minimum atomic E-state index is -0.503. The van der Waals surface area contributed by atoms with Gasteiger partial charge in [0.25, 0.3) is 5.91 Å². The van der Waals surface area contributed by atoms with Crippen molar-refractivity contribution >= 4 is 29.3 Å². The van der Waals surface area contributed by atoms with Crippen LogP contribution in [0.1, 0.15) is 10.5 Å². The topological polar surface area (TPSA) is 79.4 Å². The molecule has 0 spiro atoms. The van der Waals surface area contributed by atoms with E-state index in [0.29, 0.717) is 0 Å². The summed E-state index contributed by atoms with van der Waals surface area (Å²) in [4.78, 5) is 39.1. The van der Waals surface area contributed by atoms with Crippen LogP contribution in [0.3, 0.4) is 0 Å². The first-order valence-corrected chi connectivity index (χ1v) is 5.18. The maximum Gasteiger partial charge on any atom is 0.273 e. The van der Waals surface area contributed by atoms with Crippen LogP contribution >= 0.6 is 11.6 Å². The molecule has 0 aromatic carbocycles. The number of amides is 3. The molecule has 0 radical (unpaired) electrons. The minimum Gasteiger partial charge on any atom is -0.319 e. The van der Waals surface area contributed by atoms with Gasteiger partial charge in [0, 0.05) is 0 Å². The Morgan fingerprint density at radius 2 is 1.94 bits per heavy atom. The molecule has 0 atom stereocenters. The number of hydrogen-bond donors (Lipinski definition) is 1. The van der Waals surface area contributed by atoms with Gasteiger partial charge in [0.05, 0.1) is 0 Å². The van der Waals surface area contributed by atoms with Crippen LogP contribution in [-0.4, -0.2) is 40.7 Å². The Balaban J connectivity index is 2.20. The quantitative estimate of drug-likeness (QED) is 0.557. The van der Waals surface area contributed by atoms with Crippen molar-refractivity contribution in [3.63, 3.8) is 0 Å². The van der Waals surface area contributed by atoms with Crippen LogP contribution in [0.4, 0.5) is 0 Å². The molecule has 1 N–H and O–H groups in total. The lowest BCUT2D eigenvalue weighted by Crippen LogP contribution is -2.53. The van der Waals surface area contributed by atoms with Crippen LogP contribution < -0.4 is 5.32 Å². The fourth-order valence-corrected chi connectivity index (χ4v) is 1.63. The van der Waals surface area contributed by atoms with E-state index in [2.05, 4.69) is 10.3 Å². The molecule has 1 aliphatic rings. The van der Waals surface area contributed by atoms with Crippen LogP contribution in [0.2, 0.25) is 5.15 Å².